The van der Waals surface area contributed by atoms with Gasteiger partial charge in [-0.3, -0.25) is 4.90 Å². The van der Waals surface area contributed by atoms with Crippen molar-refractivity contribution in [2.75, 3.05) is 11.4 Å². The van der Waals surface area contributed by atoms with E-state index in [0.29, 0.717) is 5.82 Å². The van der Waals surface area contributed by atoms with E-state index in [1.807, 2.05) is 18.5 Å². The molecule has 0 atom stereocenters. The number of allylic oxidation sites excluding steroid dienone is 2. The van der Waals surface area contributed by atoms with Crippen molar-refractivity contribution >= 4 is 49.4 Å². The van der Waals surface area contributed by atoms with Crippen molar-refractivity contribution in [3.63, 3.8) is 0 Å². The van der Waals surface area contributed by atoms with Crippen LogP contribution in [-0.4, -0.2) is 21.4 Å². The molecule has 0 amide bonds. The number of rotatable bonds is 4. The molecule has 0 saturated carbocycles. The Kier molecular flexibility index (Phi) is 6.62. The third-order valence-corrected chi connectivity index (χ3v) is 11.7. The molecule has 4 heteroatoms. The number of benzene rings is 7. The molecule has 0 spiro atoms. The molecule has 7 aromatic carbocycles. The van der Waals surface area contributed by atoms with Crippen LogP contribution in [0, 0.1) is 0 Å². The molecule has 0 bridgehead atoms. The molecule has 256 valence electrons. The van der Waals surface area contributed by atoms with Gasteiger partial charge < -0.3 is 4.90 Å². The number of fused-ring (bicyclic) bond motifs is 7. The summed E-state index contributed by atoms with van der Waals surface area (Å²) in [5.74, 6) is 1.78. The second kappa shape index (κ2) is 11.6. The summed E-state index contributed by atoms with van der Waals surface area (Å²) in [7, 11) is 0. The van der Waals surface area contributed by atoms with Crippen molar-refractivity contribution in [2.45, 2.75) is 19.3 Å². The monoisotopic (exact) mass is 692 g/mol. The second-order valence-electron chi connectivity index (χ2n) is 15.0. The largest absolute Gasteiger partial charge is 0.321 e. The fourth-order valence-corrected chi connectivity index (χ4v) is 9.25. The predicted octanol–water partition coefficient (Wildman–Crippen LogP) is 12.0. The number of nitrogens with zero attached hydrogens (tertiary/aromatic N) is 4. The number of aromatic nitrogens is 2. The van der Waals surface area contributed by atoms with Crippen molar-refractivity contribution in [3.05, 3.63) is 198 Å². The van der Waals surface area contributed by atoms with Crippen molar-refractivity contribution in [3.8, 4) is 22.3 Å². The minimum absolute atomic E-state index is 0.170. The molecule has 4 nitrogen and oxygen atoms in total. The first-order valence-electron chi connectivity index (χ1n) is 18.7. The van der Waals surface area contributed by atoms with E-state index in [1.165, 1.54) is 71.3 Å². The average Bonchev–Trinajstić information content (AvgIpc) is 3.68. The third kappa shape index (κ3) is 4.37. The van der Waals surface area contributed by atoms with Gasteiger partial charge in [-0.05, 0) is 108 Å². The smallest absolute Gasteiger partial charge is 0.178 e. The van der Waals surface area contributed by atoms with Crippen molar-refractivity contribution in [2.24, 2.45) is 0 Å². The standard InChI is InChI=1S/C50H36N4/c1-50(2)42-22-11-10-19-36(42)39-30-40-41(31-43(39)50)46(38-21-9-8-20-37(38)45(40)34-25-24-32-15-6-7-16-33(32)29-34)47-48(49-51-26-14-27-52-49)54(35-17-4-3-5-18-35)44-23-12-13-28-53(44)47/h3-27,29-31H,28H2,1-2H3. The van der Waals surface area contributed by atoms with Gasteiger partial charge in [0.15, 0.2) is 5.82 Å². The maximum atomic E-state index is 4.95. The molecule has 0 radical (unpaired) electrons. The van der Waals surface area contributed by atoms with Crippen LogP contribution in [0.15, 0.2) is 176 Å². The summed E-state index contributed by atoms with van der Waals surface area (Å²) in [4.78, 5) is 14.7. The minimum Gasteiger partial charge on any atom is -0.321 e. The van der Waals surface area contributed by atoms with Gasteiger partial charge >= 0.3 is 0 Å². The highest BCUT2D eigenvalue weighted by atomic mass is 15.4. The average molecular weight is 693 g/mol. The van der Waals surface area contributed by atoms with Gasteiger partial charge in [-0.1, -0.05) is 129 Å². The summed E-state index contributed by atoms with van der Waals surface area (Å²) in [5, 5.41) is 7.36. The highest BCUT2D eigenvalue weighted by Crippen LogP contribution is 2.55. The van der Waals surface area contributed by atoms with E-state index >= 15 is 0 Å². The van der Waals surface area contributed by atoms with E-state index < -0.39 is 0 Å². The number of para-hydroxylation sites is 1. The molecule has 8 aromatic rings. The van der Waals surface area contributed by atoms with Crippen LogP contribution in [0.4, 0.5) is 5.69 Å². The van der Waals surface area contributed by atoms with Gasteiger partial charge in [0.1, 0.15) is 11.5 Å². The summed E-state index contributed by atoms with van der Waals surface area (Å²) in [5.41, 5.74) is 12.0. The summed E-state index contributed by atoms with van der Waals surface area (Å²) in [6, 6.07) is 51.1. The Balaban J connectivity index is 1.33. The second-order valence-corrected chi connectivity index (χ2v) is 15.0. The molecule has 0 N–H and O–H groups in total. The predicted molar refractivity (Wildman–Crippen MR) is 224 cm³/mol. The fourth-order valence-electron chi connectivity index (χ4n) is 9.25. The van der Waals surface area contributed by atoms with E-state index in [4.69, 9.17) is 9.97 Å². The first kappa shape index (κ1) is 30.8. The number of anilines is 1. The Morgan fingerprint density at radius 1 is 0.556 bits per heavy atom. The molecule has 3 heterocycles. The molecule has 1 aliphatic carbocycles. The van der Waals surface area contributed by atoms with Crippen LogP contribution >= 0.6 is 0 Å². The van der Waals surface area contributed by atoms with Crippen LogP contribution in [0.3, 0.4) is 0 Å². The van der Waals surface area contributed by atoms with E-state index in [-0.39, 0.29) is 5.41 Å². The summed E-state index contributed by atoms with van der Waals surface area (Å²) in [6.07, 6.45) is 10.3. The number of hydrogen-bond donors (Lipinski definition) is 0. The SMILES string of the molecule is CC1(C)c2ccccc2-c2cc3c(-c4ccc5ccccc5c4)c4ccccc4c(C4=C(c5ncccn5)N(c5ccccc5)C5=CC=CCN54)c3cc21. The molecule has 11 rings (SSSR count). The van der Waals surface area contributed by atoms with Crippen LogP contribution in [0.1, 0.15) is 36.4 Å². The van der Waals surface area contributed by atoms with Crippen molar-refractivity contribution < 1.29 is 0 Å². The van der Waals surface area contributed by atoms with Gasteiger partial charge in [-0.25, -0.2) is 9.97 Å². The molecule has 0 unspecified atom stereocenters. The Morgan fingerprint density at radius 2 is 1.26 bits per heavy atom. The van der Waals surface area contributed by atoms with Crippen molar-refractivity contribution in [1.82, 2.24) is 14.9 Å². The molecular weight excluding hydrogens is 657 g/mol. The molecule has 0 fully saturated rings. The molecule has 54 heavy (non-hydrogen) atoms. The third-order valence-electron chi connectivity index (χ3n) is 11.7. The van der Waals surface area contributed by atoms with Crippen LogP contribution in [0.25, 0.3) is 66.0 Å². The van der Waals surface area contributed by atoms with Gasteiger partial charge in [0.2, 0.25) is 0 Å². The topological polar surface area (TPSA) is 32.3 Å². The highest BCUT2D eigenvalue weighted by molar-refractivity contribution is 6.23. The highest BCUT2D eigenvalue weighted by Gasteiger charge is 2.41. The van der Waals surface area contributed by atoms with Crippen LogP contribution in [0.2, 0.25) is 0 Å². The molecule has 2 aliphatic heterocycles. The van der Waals surface area contributed by atoms with Crippen LogP contribution in [-0.2, 0) is 5.41 Å². The summed E-state index contributed by atoms with van der Waals surface area (Å²) in [6.45, 7) is 5.48. The Labute approximate surface area is 314 Å². The quantitative estimate of drug-likeness (QED) is 0.172. The first-order valence-corrected chi connectivity index (χ1v) is 18.7. The lowest BCUT2D eigenvalue weighted by Gasteiger charge is -2.29. The normalized spacial score (nSPS) is 15.6. The van der Waals surface area contributed by atoms with Crippen LogP contribution < -0.4 is 4.90 Å². The summed E-state index contributed by atoms with van der Waals surface area (Å²) < 4.78 is 0. The maximum Gasteiger partial charge on any atom is 0.178 e. The lowest BCUT2D eigenvalue weighted by atomic mass is 9.79. The van der Waals surface area contributed by atoms with E-state index in [9.17, 15) is 0 Å². The lowest BCUT2D eigenvalue weighted by molar-refractivity contribution is 0.547. The Bertz CT molecular complexity index is 2940. The van der Waals surface area contributed by atoms with Gasteiger partial charge in [0, 0.05) is 35.6 Å². The fraction of sp³-hybridized carbons (Fsp3) is 0.0800. The zero-order valence-electron chi connectivity index (χ0n) is 30.2. The lowest BCUT2D eigenvalue weighted by Crippen LogP contribution is -2.27. The van der Waals surface area contributed by atoms with Crippen LogP contribution in [0.5, 0.6) is 0 Å². The Hall–Kier alpha value is -6.78. The van der Waals surface area contributed by atoms with Gasteiger partial charge in [0.25, 0.3) is 0 Å². The van der Waals surface area contributed by atoms with Gasteiger partial charge in [-0.2, -0.15) is 0 Å². The number of hydrogen-bond acceptors (Lipinski definition) is 4. The van der Waals surface area contributed by atoms with Gasteiger partial charge in [-0.15, -0.1) is 0 Å². The van der Waals surface area contributed by atoms with Gasteiger partial charge in [0.05, 0.1) is 5.70 Å². The maximum absolute atomic E-state index is 4.95. The molecule has 1 aromatic heterocycles. The zero-order valence-corrected chi connectivity index (χ0v) is 30.2. The first-order chi connectivity index (χ1) is 26.6. The summed E-state index contributed by atoms with van der Waals surface area (Å²) >= 11 is 0. The Morgan fingerprint density at radius 3 is 2.09 bits per heavy atom. The molecule has 3 aliphatic rings. The molecular formula is C50H36N4. The zero-order chi connectivity index (χ0) is 36.0. The minimum atomic E-state index is -0.170. The van der Waals surface area contributed by atoms with E-state index in [0.717, 1.165) is 29.4 Å². The van der Waals surface area contributed by atoms with Crippen molar-refractivity contribution in [1.29, 1.82) is 0 Å². The van der Waals surface area contributed by atoms with E-state index in [2.05, 4.69) is 175 Å². The van der Waals surface area contributed by atoms with E-state index in [1.54, 1.807) is 0 Å². The molecule has 0 saturated heterocycles.